The average molecular weight is 231 g/mol. The van der Waals surface area contributed by atoms with Gasteiger partial charge in [-0.2, -0.15) is 0 Å². The van der Waals surface area contributed by atoms with Gasteiger partial charge in [0.15, 0.2) is 0 Å². The van der Waals surface area contributed by atoms with Crippen LogP contribution in [0.15, 0.2) is 23.2 Å². The van der Waals surface area contributed by atoms with Gasteiger partial charge in [-0.15, -0.1) is 13.2 Å². The van der Waals surface area contributed by atoms with Crippen LogP contribution in [0.4, 0.5) is 18.9 Å². The van der Waals surface area contributed by atoms with Crippen LogP contribution in [0, 0.1) is 0 Å². The Morgan fingerprint density at radius 1 is 1.38 bits per heavy atom. The number of halogens is 3. The van der Waals surface area contributed by atoms with Crippen LogP contribution in [-0.4, -0.2) is 12.6 Å². The Balaban J connectivity index is 3.02. The Morgan fingerprint density at radius 2 is 2.06 bits per heavy atom. The quantitative estimate of drug-likeness (QED) is 0.723. The number of ether oxygens (including phenoxy) is 1. The van der Waals surface area contributed by atoms with Gasteiger partial charge in [0.25, 0.3) is 0 Å². The Kier molecular flexibility index (Phi) is 3.93. The molecule has 0 saturated carbocycles. The summed E-state index contributed by atoms with van der Waals surface area (Å²) in [7, 11) is 0. The molecule has 0 aliphatic heterocycles. The molecule has 5 heteroatoms. The summed E-state index contributed by atoms with van der Waals surface area (Å²) < 4.78 is 39.8. The van der Waals surface area contributed by atoms with E-state index in [4.69, 9.17) is 0 Å². The molecule has 1 aromatic carbocycles. The van der Waals surface area contributed by atoms with Crippen LogP contribution in [0.2, 0.25) is 0 Å². The summed E-state index contributed by atoms with van der Waals surface area (Å²) in [5.74, 6) is -0.245. The number of benzene rings is 1. The summed E-state index contributed by atoms with van der Waals surface area (Å²) in [5, 5.41) is 0. The van der Waals surface area contributed by atoms with E-state index in [2.05, 4.69) is 9.73 Å². The maximum Gasteiger partial charge on any atom is 0.573 e. The highest BCUT2D eigenvalue weighted by Crippen LogP contribution is 2.29. The summed E-state index contributed by atoms with van der Waals surface area (Å²) in [5.41, 5.74) is 1.39. The van der Waals surface area contributed by atoms with Gasteiger partial charge in [0.1, 0.15) is 5.75 Å². The fourth-order valence-electron chi connectivity index (χ4n) is 1.30. The highest BCUT2D eigenvalue weighted by molar-refractivity contribution is 5.63. The second-order valence-electron chi connectivity index (χ2n) is 3.08. The van der Waals surface area contributed by atoms with Crippen molar-refractivity contribution in [2.45, 2.75) is 26.6 Å². The van der Waals surface area contributed by atoms with Gasteiger partial charge in [0, 0.05) is 12.3 Å². The molecule has 0 aliphatic rings. The van der Waals surface area contributed by atoms with Gasteiger partial charge in [-0.3, -0.25) is 4.99 Å². The lowest BCUT2D eigenvalue weighted by atomic mass is 10.1. The number of hydrogen-bond donors (Lipinski definition) is 0. The largest absolute Gasteiger partial charge is 0.573 e. The van der Waals surface area contributed by atoms with Gasteiger partial charge in [-0.25, -0.2) is 0 Å². The minimum Gasteiger partial charge on any atom is -0.406 e. The highest BCUT2D eigenvalue weighted by atomic mass is 19.4. The van der Waals surface area contributed by atoms with Gasteiger partial charge in [0.05, 0.1) is 5.69 Å². The lowest BCUT2D eigenvalue weighted by Crippen LogP contribution is -2.17. The van der Waals surface area contributed by atoms with E-state index in [1.54, 1.807) is 13.0 Å². The van der Waals surface area contributed by atoms with Crippen molar-refractivity contribution in [3.8, 4) is 5.75 Å². The van der Waals surface area contributed by atoms with Crippen LogP contribution in [0.3, 0.4) is 0 Å². The minimum atomic E-state index is -4.67. The zero-order chi connectivity index (χ0) is 12.2. The van der Waals surface area contributed by atoms with E-state index in [0.29, 0.717) is 12.1 Å². The number of rotatable bonds is 3. The Bertz CT molecular complexity index is 385. The van der Waals surface area contributed by atoms with Crippen LogP contribution >= 0.6 is 0 Å². The van der Waals surface area contributed by atoms with Crippen molar-refractivity contribution in [3.05, 3.63) is 23.8 Å². The predicted molar refractivity (Wildman–Crippen MR) is 56.3 cm³/mol. The first kappa shape index (κ1) is 12.5. The van der Waals surface area contributed by atoms with E-state index < -0.39 is 6.36 Å². The minimum absolute atomic E-state index is 0.245. The van der Waals surface area contributed by atoms with Gasteiger partial charge < -0.3 is 4.74 Å². The lowest BCUT2D eigenvalue weighted by molar-refractivity contribution is -0.274. The normalized spacial score (nSPS) is 12.1. The van der Waals surface area contributed by atoms with Crippen LogP contribution in [0.1, 0.15) is 19.4 Å². The van der Waals surface area contributed by atoms with Gasteiger partial charge in [0.2, 0.25) is 0 Å². The van der Waals surface area contributed by atoms with Gasteiger partial charge in [-0.05, 0) is 25.0 Å². The molecule has 1 aromatic rings. The summed E-state index contributed by atoms with van der Waals surface area (Å²) in [6.45, 7) is 3.62. The SMILES string of the molecule is CC=Nc1cc(OC(F)(F)F)ccc1CC. The van der Waals surface area contributed by atoms with E-state index in [0.717, 1.165) is 5.56 Å². The summed E-state index contributed by atoms with van der Waals surface area (Å²) in [6, 6.07) is 4.16. The molecular formula is C11H12F3NO. The van der Waals surface area contributed by atoms with E-state index in [1.807, 2.05) is 6.92 Å². The van der Waals surface area contributed by atoms with E-state index in [-0.39, 0.29) is 5.75 Å². The van der Waals surface area contributed by atoms with E-state index in [9.17, 15) is 13.2 Å². The summed E-state index contributed by atoms with van der Waals surface area (Å²) in [4.78, 5) is 4.00. The molecule has 2 nitrogen and oxygen atoms in total. The molecule has 0 amide bonds. The van der Waals surface area contributed by atoms with Crippen molar-refractivity contribution >= 4 is 11.9 Å². The highest BCUT2D eigenvalue weighted by Gasteiger charge is 2.31. The molecule has 0 heterocycles. The predicted octanol–water partition coefficient (Wildman–Crippen LogP) is 3.87. The monoisotopic (exact) mass is 231 g/mol. The first-order chi connectivity index (χ1) is 7.46. The molecular weight excluding hydrogens is 219 g/mol. The second kappa shape index (κ2) is 5.01. The number of aliphatic imine (C=N–C) groups is 1. The number of hydrogen-bond acceptors (Lipinski definition) is 2. The topological polar surface area (TPSA) is 21.6 Å². The molecule has 0 bridgehead atoms. The third-order valence-corrected chi connectivity index (χ3v) is 1.94. The molecule has 1 rings (SSSR count). The molecule has 0 spiro atoms. The average Bonchev–Trinajstić information content (AvgIpc) is 2.16. The molecule has 0 N–H and O–H groups in total. The fourth-order valence-corrected chi connectivity index (χ4v) is 1.30. The van der Waals surface area contributed by atoms with Crippen molar-refractivity contribution in [2.75, 3.05) is 0 Å². The van der Waals surface area contributed by atoms with Crippen molar-refractivity contribution in [3.63, 3.8) is 0 Å². The van der Waals surface area contributed by atoms with Crippen LogP contribution < -0.4 is 4.74 Å². The first-order valence-corrected chi connectivity index (χ1v) is 4.83. The third-order valence-electron chi connectivity index (χ3n) is 1.94. The van der Waals surface area contributed by atoms with Crippen molar-refractivity contribution in [1.29, 1.82) is 0 Å². The molecule has 0 radical (unpaired) electrons. The number of alkyl halides is 3. The van der Waals surface area contributed by atoms with Crippen LogP contribution in [-0.2, 0) is 6.42 Å². The fraction of sp³-hybridized carbons (Fsp3) is 0.364. The lowest BCUT2D eigenvalue weighted by Gasteiger charge is -2.10. The standard InChI is InChI=1S/C11H12F3NO/c1-3-8-5-6-9(16-11(12,13)14)7-10(8)15-4-2/h4-7H,3H2,1-2H3. The summed E-state index contributed by atoms with van der Waals surface area (Å²) in [6.07, 6.45) is -2.42. The van der Waals surface area contributed by atoms with E-state index >= 15 is 0 Å². The molecule has 0 unspecified atom stereocenters. The number of nitrogens with zero attached hydrogens (tertiary/aromatic N) is 1. The third kappa shape index (κ3) is 3.56. The molecule has 0 aliphatic carbocycles. The van der Waals surface area contributed by atoms with Crippen molar-refractivity contribution < 1.29 is 17.9 Å². The van der Waals surface area contributed by atoms with Crippen molar-refractivity contribution in [1.82, 2.24) is 0 Å². The second-order valence-corrected chi connectivity index (χ2v) is 3.08. The maximum atomic E-state index is 12.0. The van der Waals surface area contributed by atoms with Crippen LogP contribution in [0.5, 0.6) is 5.75 Å². The Hall–Kier alpha value is -1.52. The number of aryl methyl sites for hydroxylation is 1. The Morgan fingerprint density at radius 3 is 2.56 bits per heavy atom. The smallest absolute Gasteiger partial charge is 0.406 e. The molecule has 88 valence electrons. The van der Waals surface area contributed by atoms with Crippen molar-refractivity contribution in [2.24, 2.45) is 4.99 Å². The van der Waals surface area contributed by atoms with Gasteiger partial charge >= 0.3 is 6.36 Å². The summed E-state index contributed by atoms with van der Waals surface area (Å²) >= 11 is 0. The van der Waals surface area contributed by atoms with Crippen LogP contribution in [0.25, 0.3) is 0 Å². The molecule has 0 saturated heterocycles. The molecule has 0 fully saturated rings. The zero-order valence-electron chi connectivity index (χ0n) is 9.01. The van der Waals surface area contributed by atoms with Gasteiger partial charge in [-0.1, -0.05) is 13.0 Å². The molecule has 0 aromatic heterocycles. The Labute approximate surface area is 91.8 Å². The maximum absolute atomic E-state index is 12.0. The zero-order valence-corrected chi connectivity index (χ0v) is 9.01. The molecule has 0 atom stereocenters. The first-order valence-electron chi connectivity index (χ1n) is 4.83. The van der Waals surface area contributed by atoms with E-state index in [1.165, 1.54) is 18.3 Å². The molecule has 16 heavy (non-hydrogen) atoms.